The molecule has 7 nitrogen and oxygen atoms in total. The number of anilines is 1. The van der Waals surface area contributed by atoms with E-state index in [2.05, 4.69) is 5.32 Å². The summed E-state index contributed by atoms with van der Waals surface area (Å²) in [6, 6.07) is 13.5. The maximum atomic E-state index is 12.8. The van der Waals surface area contributed by atoms with Gasteiger partial charge in [0.1, 0.15) is 0 Å². The molecule has 0 radical (unpaired) electrons. The number of carbonyl (C=O) groups is 2. The Kier molecular flexibility index (Phi) is 7.69. The van der Waals surface area contributed by atoms with Gasteiger partial charge in [-0.1, -0.05) is 41.9 Å². The summed E-state index contributed by atoms with van der Waals surface area (Å²) < 4.78 is 32.0. The van der Waals surface area contributed by atoms with Crippen LogP contribution in [0.4, 0.5) is 5.69 Å². The average Bonchev–Trinajstić information content (AvgIpc) is 2.76. The van der Waals surface area contributed by atoms with E-state index in [-0.39, 0.29) is 42.8 Å². The van der Waals surface area contributed by atoms with Crippen molar-refractivity contribution in [3.8, 4) is 0 Å². The number of para-hydroxylation sites is 1. The van der Waals surface area contributed by atoms with Crippen LogP contribution in [0.1, 0.15) is 35.7 Å². The highest BCUT2D eigenvalue weighted by atomic mass is 35.5. The van der Waals surface area contributed by atoms with Gasteiger partial charge in [0.2, 0.25) is 15.9 Å². The topological polar surface area (TPSA) is 92.8 Å². The molecular formula is C22H25ClN2O5S. The lowest BCUT2D eigenvalue weighted by Crippen LogP contribution is -2.42. The number of amides is 1. The number of rotatable bonds is 7. The Morgan fingerprint density at radius 3 is 2.42 bits per heavy atom. The lowest BCUT2D eigenvalue weighted by molar-refractivity contribution is -0.120. The first-order chi connectivity index (χ1) is 14.8. The second-order valence-electron chi connectivity index (χ2n) is 7.28. The Hall–Kier alpha value is -2.42. The van der Waals surface area contributed by atoms with Gasteiger partial charge in [0.05, 0.1) is 23.6 Å². The van der Waals surface area contributed by atoms with Crippen molar-refractivity contribution in [3.63, 3.8) is 0 Å². The first-order valence-electron chi connectivity index (χ1n) is 10.1. The van der Waals surface area contributed by atoms with E-state index in [1.54, 1.807) is 55.5 Å². The smallest absolute Gasteiger partial charge is 0.340 e. The molecule has 9 heteroatoms. The van der Waals surface area contributed by atoms with Crippen LogP contribution in [0.2, 0.25) is 5.02 Å². The van der Waals surface area contributed by atoms with Gasteiger partial charge in [0, 0.05) is 24.0 Å². The molecule has 1 aliphatic rings. The Balaban J connectivity index is 1.60. The predicted molar refractivity (Wildman–Crippen MR) is 119 cm³/mol. The van der Waals surface area contributed by atoms with Gasteiger partial charge in [-0.05, 0) is 43.5 Å². The number of piperidine rings is 1. The number of halogens is 1. The van der Waals surface area contributed by atoms with E-state index in [1.807, 2.05) is 0 Å². The van der Waals surface area contributed by atoms with E-state index >= 15 is 0 Å². The number of sulfonamides is 1. The fraction of sp³-hybridized carbons (Fsp3) is 0.364. The van der Waals surface area contributed by atoms with E-state index < -0.39 is 16.0 Å². The van der Waals surface area contributed by atoms with Crippen LogP contribution in [0.3, 0.4) is 0 Å². The number of nitrogens with one attached hydrogen (secondary N) is 1. The van der Waals surface area contributed by atoms with E-state index in [1.165, 1.54) is 4.31 Å². The van der Waals surface area contributed by atoms with E-state index in [0.717, 1.165) is 0 Å². The summed E-state index contributed by atoms with van der Waals surface area (Å²) >= 11 is 6.10. The van der Waals surface area contributed by atoms with Gasteiger partial charge < -0.3 is 10.1 Å². The Bertz CT molecular complexity index is 1050. The van der Waals surface area contributed by atoms with Crippen LogP contribution >= 0.6 is 11.6 Å². The van der Waals surface area contributed by atoms with Gasteiger partial charge in [0.25, 0.3) is 0 Å². The molecule has 2 aromatic rings. The fourth-order valence-corrected chi connectivity index (χ4v) is 5.39. The molecule has 0 saturated carbocycles. The Morgan fingerprint density at radius 1 is 1.10 bits per heavy atom. The van der Waals surface area contributed by atoms with Gasteiger partial charge in [-0.25, -0.2) is 17.5 Å². The van der Waals surface area contributed by atoms with E-state index in [4.69, 9.17) is 16.3 Å². The van der Waals surface area contributed by atoms with E-state index in [0.29, 0.717) is 29.1 Å². The summed E-state index contributed by atoms with van der Waals surface area (Å²) in [6.07, 6.45) is 0.796. The molecule has 1 aliphatic heterocycles. The molecule has 2 aromatic carbocycles. The molecule has 0 bridgehead atoms. The lowest BCUT2D eigenvalue weighted by atomic mass is 9.97. The lowest BCUT2D eigenvalue weighted by Gasteiger charge is -2.30. The summed E-state index contributed by atoms with van der Waals surface area (Å²) in [5.41, 5.74) is 1.23. The minimum absolute atomic E-state index is 0.170. The molecule has 1 fully saturated rings. The number of carbonyl (C=O) groups excluding carboxylic acids is 2. The summed E-state index contributed by atoms with van der Waals surface area (Å²) in [7, 11) is -3.54. The van der Waals surface area contributed by atoms with Gasteiger partial charge in [0.15, 0.2) is 0 Å². The third kappa shape index (κ3) is 5.84. The maximum Gasteiger partial charge on any atom is 0.340 e. The minimum atomic E-state index is -3.54. The molecule has 31 heavy (non-hydrogen) atoms. The number of nitrogens with zero attached hydrogens (tertiary/aromatic N) is 1. The quantitative estimate of drug-likeness (QED) is 0.631. The number of ether oxygens (including phenoxy) is 1. The summed E-state index contributed by atoms with van der Waals surface area (Å²) in [5.74, 6) is -1.25. The highest BCUT2D eigenvalue weighted by Crippen LogP contribution is 2.26. The second kappa shape index (κ2) is 10.3. The standard InChI is InChI=1S/C22H25ClN2O5S/c1-2-30-22(27)18-8-4-6-10-20(18)24-21(26)16-11-13-25(14-12-16)31(28,29)15-17-7-3-5-9-19(17)23/h3-10,16H,2,11-15H2,1H3,(H,24,26). The van der Waals surface area contributed by atoms with Crippen molar-refractivity contribution in [1.82, 2.24) is 4.31 Å². The highest BCUT2D eigenvalue weighted by Gasteiger charge is 2.32. The van der Waals surface area contributed by atoms with Gasteiger partial charge in [-0.3, -0.25) is 4.79 Å². The normalized spacial score (nSPS) is 15.4. The highest BCUT2D eigenvalue weighted by molar-refractivity contribution is 7.88. The first kappa shape index (κ1) is 23.2. The first-order valence-corrected chi connectivity index (χ1v) is 12.1. The van der Waals surface area contributed by atoms with Crippen LogP contribution in [0, 0.1) is 5.92 Å². The summed E-state index contributed by atoms with van der Waals surface area (Å²) in [5, 5.41) is 3.21. The molecular weight excluding hydrogens is 440 g/mol. The third-order valence-electron chi connectivity index (χ3n) is 5.19. The fourth-order valence-electron chi connectivity index (χ4n) is 3.51. The number of hydrogen-bond acceptors (Lipinski definition) is 5. The molecule has 0 atom stereocenters. The maximum absolute atomic E-state index is 12.8. The van der Waals surface area contributed by atoms with Crippen molar-refractivity contribution in [2.75, 3.05) is 25.0 Å². The SMILES string of the molecule is CCOC(=O)c1ccccc1NC(=O)C1CCN(S(=O)(=O)Cc2ccccc2Cl)CC1. The molecule has 0 aliphatic carbocycles. The van der Waals surface area contributed by atoms with Gasteiger partial charge in [-0.2, -0.15) is 0 Å². The van der Waals surface area contributed by atoms with Crippen LogP contribution < -0.4 is 5.32 Å². The number of esters is 1. The van der Waals surface area contributed by atoms with Crippen LogP contribution in [0.5, 0.6) is 0 Å². The monoisotopic (exact) mass is 464 g/mol. The van der Waals surface area contributed by atoms with Crippen molar-refractivity contribution < 1.29 is 22.7 Å². The molecule has 1 N–H and O–H groups in total. The predicted octanol–water partition coefficient (Wildman–Crippen LogP) is 3.70. The van der Waals surface area contributed by atoms with Crippen LogP contribution in [-0.2, 0) is 25.3 Å². The average molecular weight is 465 g/mol. The van der Waals surface area contributed by atoms with Crippen LogP contribution in [-0.4, -0.2) is 44.3 Å². The largest absolute Gasteiger partial charge is 0.462 e. The molecule has 0 aromatic heterocycles. The van der Waals surface area contributed by atoms with Gasteiger partial charge >= 0.3 is 5.97 Å². The molecule has 1 heterocycles. The molecule has 0 unspecified atom stereocenters. The number of benzene rings is 2. The van der Waals surface area contributed by atoms with E-state index in [9.17, 15) is 18.0 Å². The molecule has 166 valence electrons. The molecule has 0 spiro atoms. The van der Waals surface area contributed by atoms with Crippen molar-refractivity contribution in [3.05, 3.63) is 64.7 Å². The zero-order chi connectivity index (χ0) is 22.4. The second-order valence-corrected chi connectivity index (χ2v) is 9.65. The molecule has 3 rings (SSSR count). The zero-order valence-corrected chi connectivity index (χ0v) is 18.8. The molecule has 1 saturated heterocycles. The Labute approximate surface area is 187 Å². The Morgan fingerprint density at radius 2 is 1.74 bits per heavy atom. The van der Waals surface area contributed by atoms with Crippen molar-refractivity contribution in [2.45, 2.75) is 25.5 Å². The third-order valence-corrected chi connectivity index (χ3v) is 7.39. The van der Waals surface area contributed by atoms with Gasteiger partial charge in [-0.15, -0.1) is 0 Å². The van der Waals surface area contributed by atoms with Crippen molar-refractivity contribution in [2.24, 2.45) is 5.92 Å². The summed E-state index contributed by atoms with van der Waals surface area (Å²) in [6.45, 7) is 2.46. The zero-order valence-electron chi connectivity index (χ0n) is 17.2. The summed E-state index contributed by atoms with van der Waals surface area (Å²) in [4.78, 5) is 24.8. The minimum Gasteiger partial charge on any atom is -0.462 e. The van der Waals surface area contributed by atoms with Crippen LogP contribution in [0.15, 0.2) is 48.5 Å². The molecule has 1 amide bonds. The van der Waals surface area contributed by atoms with Crippen molar-refractivity contribution in [1.29, 1.82) is 0 Å². The number of hydrogen-bond donors (Lipinski definition) is 1. The van der Waals surface area contributed by atoms with Crippen LogP contribution in [0.25, 0.3) is 0 Å². The van der Waals surface area contributed by atoms with Crippen molar-refractivity contribution >= 4 is 39.2 Å².